The maximum absolute atomic E-state index is 14.1. The summed E-state index contributed by atoms with van der Waals surface area (Å²) in [5.41, 5.74) is 4.06. The maximum atomic E-state index is 14.1. The van der Waals surface area contributed by atoms with Crippen molar-refractivity contribution in [2.45, 2.75) is 71.5 Å². The Labute approximate surface area is 232 Å². The van der Waals surface area contributed by atoms with Crippen LogP contribution >= 0.6 is 0 Å². The topological polar surface area (TPSA) is 86.8 Å². The Bertz CT molecular complexity index is 1380. The number of anilines is 1. The van der Waals surface area contributed by atoms with Gasteiger partial charge in [0.1, 0.15) is 12.6 Å². The van der Waals surface area contributed by atoms with Gasteiger partial charge in [-0.15, -0.1) is 0 Å². The Balaban J connectivity index is 2.09. The molecule has 3 aromatic carbocycles. The number of sulfonamides is 1. The summed E-state index contributed by atoms with van der Waals surface area (Å²) in [7, 11) is -4.08. The van der Waals surface area contributed by atoms with Crippen LogP contribution in [0.5, 0.6) is 0 Å². The molecule has 39 heavy (non-hydrogen) atoms. The number of aryl methyl sites for hydroxylation is 3. The molecule has 1 unspecified atom stereocenters. The summed E-state index contributed by atoms with van der Waals surface area (Å²) < 4.78 is 29.0. The predicted molar refractivity (Wildman–Crippen MR) is 156 cm³/mol. The minimum absolute atomic E-state index is 0.0896. The van der Waals surface area contributed by atoms with Gasteiger partial charge in [-0.25, -0.2) is 8.42 Å². The summed E-state index contributed by atoms with van der Waals surface area (Å²) >= 11 is 0. The van der Waals surface area contributed by atoms with E-state index in [9.17, 15) is 18.0 Å². The number of nitrogens with zero attached hydrogens (tertiary/aromatic N) is 2. The first kappa shape index (κ1) is 29.9. The van der Waals surface area contributed by atoms with Crippen LogP contribution in [-0.2, 0) is 26.2 Å². The molecule has 7 nitrogen and oxygen atoms in total. The van der Waals surface area contributed by atoms with Crippen molar-refractivity contribution in [1.82, 2.24) is 10.2 Å². The zero-order chi connectivity index (χ0) is 28.7. The molecule has 0 radical (unpaired) electrons. The molecular weight excluding hydrogens is 510 g/mol. The zero-order valence-corrected chi connectivity index (χ0v) is 24.5. The van der Waals surface area contributed by atoms with E-state index in [4.69, 9.17) is 0 Å². The first-order valence-electron chi connectivity index (χ1n) is 13.2. The fourth-order valence-electron chi connectivity index (χ4n) is 4.65. The Morgan fingerprint density at radius 3 is 2.05 bits per heavy atom. The minimum Gasteiger partial charge on any atom is -0.352 e. The fourth-order valence-corrected chi connectivity index (χ4v) is 6.07. The third-order valence-electron chi connectivity index (χ3n) is 6.36. The molecule has 0 saturated heterocycles. The van der Waals surface area contributed by atoms with Crippen LogP contribution in [0, 0.1) is 20.8 Å². The Morgan fingerprint density at radius 1 is 0.846 bits per heavy atom. The highest BCUT2D eigenvalue weighted by atomic mass is 32.2. The first-order valence-corrected chi connectivity index (χ1v) is 14.7. The third kappa shape index (κ3) is 7.69. The molecule has 3 aromatic rings. The van der Waals surface area contributed by atoms with Gasteiger partial charge in [0.2, 0.25) is 11.8 Å². The van der Waals surface area contributed by atoms with Gasteiger partial charge in [0.05, 0.1) is 10.6 Å². The van der Waals surface area contributed by atoms with E-state index in [-0.39, 0.29) is 23.4 Å². The van der Waals surface area contributed by atoms with Crippen molar-refractivity contribution in [3.05, 3.63) is 95.1 Å². The van der Waals surface area contributed by atoms with Gasteiger partial charge < -0.3 is 10.2 Å². The highest BCUT2D eigenvalue weighted by Crippen LogP contribution is 2.27. The van der Waals surface area contributed by atoms with Crippen molar-refractivity contribution >= 4 is 27.5 Å². The molecule has 1 N–H and O–H groups in total. The molecular formula is C31H39N3O4S. The number of carbonyl (C=O) groups is 2. The summed E-state index contributed by atoms with van der Waals surface area (Å²) in [6, 6.07) is 20.4. The van der Waals surface area contributed by atoms with Gasteiger partial charge in [0, 0.05) is 12.6 Å². The quantitative estimate of drug-likeness (QED) is 0.359. The number of hydrogen-bond acceptors (Lipinski definition) is 4. The summed E-state index contributed by atoms with van der Waals surface area (Å²) in [5.74, 6) is -0.724. The highest BCUT2D eigenvalue weighted by Gasteiger charge is 2.34. The van der Waals surface area contributed by atoms with Gasteiger partial charge >= 0.3 is 0 Å². The molecule has 0 spiro atoms. The number of carbonyl (C=O) groups excluding carboxylic acids is 2. The van der Waals surface area contributed by atoms with E-state index in [0.717, 1.165) is 26.6 Å². The molecule has 0 saturated carbocycles. The van der Waals surface area contributed by atoms with Crippen LogP contribution in [0.2, 0.25) is 0 Å². The molecule has 0 heterocycles. The van der Waals surface area contributed by atoms with Crippen LogP contribution in [0.25, 0.3) is 0 Å². The number of nitrogens with one attached hydrogen (secondary N) is 1. The largest absolute Gasteiger partial charge is 0.352 e. The molecule has 2 amide bonds. The van der Waals surface area contributed by atoms with Crippen molar-refractivity contribution < 1.29 is 18.0 Å². The highest BCUT2D eigenvalue weighted by molar-refractivity contribution is 7.92. The summed E-state index contributed by atoms with van der Waals surface area (Å²) in [5, 5.41) is 2.92. The smallest absolute Gasteiger partial charge is 0.264 e. The number of benzene rings is 3. The average Bonchev–Trinajstić information content (AvgIpc) is 2.86. The van der Waals surface area contributed by atoms with Crippen molar-refractivity contribution in [3.63, 3.8) is 0 Å². The van der Waals surface area contributed by atoms with Gasteiger partial charge in [0.25, 0.3) is 10.0 Å². The minimum atomic E-state index is -4.08. The molecule has 0 bridgehead atoms. The van der Waals surface area contributed by atoms with E-state index in [2.05, 4.69) is 5.32 Å². The molecule has 3 rings (SSSR count). The van der Waals surface area contributed by atoms with Gasteiger partial charge in [0.15, 0.2) is 0 Å². The SMILES string of the molecule is CCC(C(=O)NC(C)C)N(Cc1cccc(C)c1)C(=O)CN(c1cc(C)cc(C)c1)S(=O)(=O)c1ccccc1. The molecule has 0 aliphatic heterocycles. The second-order valence-electron chi connectivity index (χ2n) is 10.3. The Morgan fingerprint density at radius 2 is 1.49 bits per heavy atom. The average molecular weight is 550 g/mol. The molecule has 0 fully saturated rings. The van der Waals surface area contributed by atoms with Crippen LogP contribution in [0.15, 0.2) is 77.7 Å². The van der Waals surface area contributed by atoms with Gasteiger partial charge in [-0.1, -0.05) is 61.0 Å². The van der Waals surface area contributed by atoms with Crippen molar-refractivity contribution in [3.8, 4) is 0 Å². The molecule has 1 atom stereocenters. The van der Waals surface area contributed by atoms with Crippen molar-refractivity contribution in [2.24, 2.45) is 0 Å². The first-order chi connectivity index (χ1) is 18.4. The lowest BCUT2D eigenvalue weighted by Crippen LogP contribution is -2.53. The Kier molecular flexibility index (Phi) is 9.92. The molecule has 0 aliphatic rings. The summed E-state index contributed by atoms with van der Waals surface area (Å²) in [4.78, 5) is 28.9. The predicted octanol–water partition coefficient (Wildman–Crippen LogP) is 5.14. The van der Waals surface area contributed by atoms with E-state index < -0.39 is 28.5 Å². The number of amides is 2. The summed E-state index contributed by atoms with van der Waals surface area (Å²) in [6.07, 6.45) is 0.380. The monoisotopic (exact) mass is 549 g/mol. The van der Waals surface area contributed by atoms with Crippen molar-refractivity contribution in [1.29, 1.82) is 0 Å². The molecule has 8 heteroatoms. The lowest BCUT2D eigenvalue weighted by molar-refractivity contribution is -0.140. The van der Waals surface area contributed by atoms with Crippen LogP contribution in [0.4, 0.5) is 5.69 Å². The zero-order valence-electron chi connectivity index (χ0n) is 23.6. The number of hydrogen-bond donors (Lipinski definition) is 1. The lowest BCUT2D eigenvalue weighted by Gasteiger charge is -2.33. The molecule has 208 valence electrons. The van der Waals surface area contributed by atoms with Gasteiger partial charge in [-0.05, 0) is 82.0 Å². The fraction of sp³-hybridized carbons (Fsp3) is 0.355. The third-order valence-corrected chi connectivity index (χ3v) is 8.14. The molecule has 0 aromatic heterocycles. The normalized spacial score (nSPS) is 12.2. The van der Waals surface area contributed by atoms with E-state index in [0.29, 0.717) is 12.1 Å². The van der Waals surface area contributed by atoms with E-state index in [1.54, 1.807) is 30.3 Å². The van der Waals surface area contributed by atoms with Crippen LogP contribution in [-0.4, -0.2) is 43.8 Å². The van der Waals surface area contributed by atoms with E-state index in [1.165, 1.54) is 17.0 Å². The lowest BCUT2D eigenvalue weighted by atomic mass is 10.1. The molecule has 0 aliphatic carbocycles. The van der Waals surface area contributed by atoms with E-state index in [1.807, 2.05) is 71.9 Å². The van der Waals surface area contributed by atoms with Gasteiger partial charge in [-0.3, -0.25) is 13.9 Å². The summed E-state index contributed by atoms with van der Waals surface area (Å²) in [6.45, 7) is 11.1. The number of rotatable bonds is 11. The second-order valence-corrected chi connectivity index (χ2v) is 12.1. The van der Waals surface area contributed by atoms with Crippen LogP contribution in [0.3, 0.4) is 0 Å². The van der Waals surface area contributed by atoms with E-state index >= 15 is 0 Å². The van der Waals surface area contributed by atoms with Crippen LogP contribution in [0.1, 0.15) is 49.4 Å². The second kappa shape index (κ2) is 12.9. The van der Waals surface area contributed by atoms with Gasteiger partial charge in [-0.2, -0.15) is 0 Å². The Hall–Kier alpha value is -3.65. The van der Waals surface area contributed by atoms with Crippen LogP contribution < -0.4 is 9.62 Å². The van der Waals surface area contributed by atoms with Crippen molar-refractivity contribution in [2.75, 3.05) is 10.8 Å². The standard InChI is InChI=1S/C31H39N3O4S/c1-7-29(31(36)32-22(2)3)33(20-26-13-11-12-23(4)17-26)30(35)21-34(27-18-24(5)16-25(6)19-27)39(37,38)28-14-9-8-10-15-28/h8-19,22,29H,7,20-21H2,1-6H3,(H,32,36). The maximum Gasteiger partial charge on any atom is 0.264 e.